The molecule has 4 heterocycles. The van der Waals surface area contributed by atoms with Crippen LogP contribution in [0.1, 0.15) is 23.4 Å². The van der Waals surface area contributed by atoms with E-state index < -0.39 is 0 Å². The molecule has 2 aromatic carbocycles. The van der Waals surface area contributed by atoms with Crippen molar-refractivity contribution in [2.75, 3.05) is 0 Å². The predicted octanol–water partition coefficient (Wildman–Crippen LogP) is 5.30. The summed E-state index contributed by atoms with van der Waals surface area (Å²) in [4.78, 5) is 22.1. The lowest BCUT2D eigenvalue weighted by atomic mass is 10.1. The van der Waals surface area contributed by atoms with Crippen LogP contribution in [0, 0.1) is 0 Å². The van der Waals surface area contributed by atoms with E-state index >= 15 is 0 Å². The highest BCUT2D eigenvalue weighted by Gasteiger charge is 2.22. The summed E-state index contributed by atoms with van der Waals surface area (Å²) in [7, 11) is 0. The molecule has 0 unspecified atom stereocenters. The normalized spacial score (nSPS) is 14.1. The predicted molar refractivity (Wildman–Crippen MR) is 135 cm³/mol. The molecule has 0 atom stereocenters. The van der Waals surface area contributed by atoms with Crippen LogP contribution in [0.5, 0.6) is 0 Å². The Balaban J connectivity index is 1.47. The largest absolute Gasteiger partial charge is 0.292 e. The van der Waals surface area contributed by atoms with Gasteiger partial charge in [-0.25, -0.2) is 4.98 Å². The molecule has 0 bridgehead atoms. The summed E-state index contributed by atoms with van der Waals surface area (Å²) in [6.07, 6.45) is 8.43. The number of rotatable bonds is 4. The number of aromatic nitrogens is 5. The molecule has 1 aliphatic rings. The Bertz CT molecular complexity index is 1600. The summed E-state index contributed by atoms with van der Waals surface area (Å²) in [6.45, 7) is 1.26. The topological polar surface area (TPSA) is 65.6 Å². The van der Waals surface area contributed by atoms with Crippen molar-refractivity contribution in [3.63, 3.8) is 0 Å². The fourth-order valence-electron chi connectivity index (χ4n) is 4.44. The highest BCUT2D eigenvalue weighted by Crippen LogP contribution is 2.31. The van der Waals surface area contributed by atoms with Gasteiger partial charge in [0, 0.05) is 41.3 Å². The number of fused-ring (bicyclic) bond motifs is 2. The van der Waals surface area contributed by atoms with Gasteiger partial charge in [-0.3, -0.25) is 19.0 Å². The Morgan fingerprint density at radius 2 is 1.94 bits per heavy atom. The fourth-order valence-corrected chi connectivity index (χ4v) is 4.60. The number of halogens is 1. The van der Waals surface area contributed by atoms with Crippen molar-refractivity contribution < 1.29 is 0 Å². The summed E-state index contributed by atoms with van der Waals surface area (Å²) in [5, 5.41) is 6.03. The molecule has 0 saturated carbocycles. The number of allylic oxidation sites excluding steroid dienone is 1. The third kappa shape index (κ3) is 3.72. The van der Waals surface area contributed by atoms with E-state index in [1.165, 1.54) is 5.56 Å². The van der Waals surface area contributed by atoms with Gasteiger partial charge in [0.15, 0.2) is 0 Å². The summed E-state index contributed by atoms with van der Waals surface area (Å²) in [5.41, 5.74) is 5.51. The van der Waals surface area contributed by atoms with Gasteiger partial charge < -0.3 is 0 Å². The SMILES string of the molecule is O=c1c2ccc(Cl)cc2nc2n1CC/C2=C\c1cn(Cc2ccccc2)nc1-c1cccnc1. The van der Waals surface area contributed by atoms with Crippen LogP contribution >= 0.6 is 11.6 Å². The second kappa shape index (κ2) is 8.39. The minimum Gasteiger partial charge on any atom is -0.292 e. The Morgan fingerprint density at radius 3 is 2.76 bits per heavy atom. The van der Waals surface area contributed by atoms with Crippen LogP contribution in [-0.4, -0.2) is 24.3 Å². The monoisotopic (exact) mass is 465 g/mol. The molecule has 0 N–H and O–H groups in total. The van der Waals surface area contributed by atoms with Crippen molar-refractivity contribution in [3.05, 3.63) is 112 Å². The molecular formula is C27H20ClN5O. The van der Waals surface area contributed by atoms with Crippen molar-refractivity contribution in [3.8, 4) is 11.3 Å². The van der Waals surface area contributed by atoms with E-state index in [1.807, 2.05) is 47.4 Å². The lowest BCUT2D eigenvalue weighted by Crippen LogP contribution is -2.20. The van der Waals surface area contributed by atoms with E-state index in [1.54, 1.807) is 29.0 Å². The molecule has 0 saturated heterocycles. The van der Waals surface area contributed by atoms with Gasteiger partial charge in [-0.05, 0) is 54.0 Å². The molecule has 166 valence electrons. The average molecular weight is 466 g/mol. The number of hydrogen-bond donors (Lipinski definition) is 0. The molecule has 3 aromatic heterocycles. The zero-order valence-electron chi connectivity index (χ0n) is 18.2. The first-order chi connectivity index (χ1) is 16.7. The maximum absolute atomic E-state index is 13.1. The lowest BCUT2D eigenvalue weighted by Gasteiger charge is -2.06. The van der Waals surface area contributed by atoms with Crippen LogP contribution in [0.2, 0.25) is 5.02 Å². The molecule has 6 rings (SSSR count). The number of benzene rings is 2. The second-order valence-electron chi connectivity index (χ2n) is 8.33. The molecule has 0 aliphatic carbocycles. The summed E-state index contributed by atoms with van der Waals surface area (Å²) in [5.74, 6) is 0.688. The second-order valence-corrected chi connectivity index (χ2v) is 8.77. The number of nitrogens with zero attached hydrogens (tertiary/aromatic N) is 5. The Labute approximate surface area is 200 Å². The quantitative estimate of drug-likeness (QED) is 0.361. The Morgan fingerprint density at radius 1 is 1.06 bits per heavy atom. The smallest absolute Gasteiger partial charge is 0.261 e. The molecule has 0 fully saturated rings. The standard InChI is InChI=1S/C27H20ClN5O/c28-22-8-9-23-24(14-22)30-26-19(10-12-33(26)27(23)34)13-21-17-32(16-18-5-2-1-3-6-18)31-25(21)20-7-4-11-29-15-20/h1-9,11,13-15,17H,10,12,16H2/b19-13+. The maximum Gasteiger partial charge on any atom is 0.261 e. The highest BCUT2D eigenvalue weighted by atomic mass is 35.5. The third-order valence-electron chi connectivity index (χ3n) is 6.05. The maximum atomic E-state index is 13.1. The zero-order chi connectivity index (χ0) is 23.1. The molecule has 7 heteroatoms. The van der Waals surface area contributed by atoms with Gasteiger partial charge in [0.1, 0.15) is 11.5 Å². The molecule has 0 amide bonds. The highest BCUT2D eigenvalue weighted by molar-refractivity contribution is 6.31. The van der Waals surface area contributed by atoms with Crippen LogP contribution in [0.4, 0.5) is 0 Å². The van der Waals surface area contributed by atoms with Gasteiger partial charge in [0.25, 0.3) is 5.56 Å². The Hall–Kier alpha value is -4.03. The van der Waals surface area contributed by atoms with E-state index in [9.17, 15) is 4.79 Å². The van der Waals surface area contributed by atoms with E-state index in [2.05, 4.69) is 23.2 Å². The van der Waals surface area contributed by atoms with E-state index in [4.69, 9.17) is 21.7 Å². The van der Waals surface area contributed by atoms with Crippen LogP contribution in [0.25, 0.3) is 33.8 Å². The molecule has 5 aromatic rings. The van der Waals surface area contributed by atoms with Crippen molar-refractivity contribution in [2.45, 2.75) is 19.5 Å². The number of pyridine rings is 1. The molecule has 34 heavy (non-hydrogen) atoms. The number of hydrogen-bond acceptors (Lipinski definition) is 4. The van der Waals surface area contributed by atoms with Crippen LogP contribution in [-0.2, 0) is 13.1 Å². The van der Waals surface area contributed by atoms with Crippen molar-refractivity contribution >= 4 is 34.2 Å². The molecule has 0 radical (unpaired) electrons. The first kappa shape index (κ1) is 20.6. The zero-order valence-corrected chi connectivity index (χ0v) is 19.0. The van der Waals surface area contributed by atoms with E-state index in [0.717, 1.165) is 28.8 Å². The van der Waals surface area contributed by atoms with Crippen molar-refractivity contribution in [2.24, 2.45) is 0 Å². The van der Waals surface area contributed by atoms with Gasteiger partial charge in [-0.1, -0.05) is 41.9 Å². The van der Waals surface area contributed by atoms with Crippen molar-refractivity contribution in [1.82, 2.24) is 24.3 Å². The molecule has 6 nitrogen and oxygen atoms in total. The first-order valence-electron chi connectivity index (χ1n) is 11.1. The van der Waals surface area contributed by atoms with Gasteiger partial charge in [-0.2, -0.15) is 5.10 Å². The molecule has 1 aliphatic heterocycles. The lowest BCUT2D eigenvalue weighted by molar-refractivity contribution is 0.689. The van der Waals surface area contributed by atoms with Gasteiger partial charge in [0.2, 0.25) is 0 Å². The molecule has 0 spiro atoms. The van der Waals surface area contributed by atoms with Crippen LogP contribution in [0.3, 0.4) is 0 Å². The van der Waals surface area contributed by atoms with E-state index in [0.29, 0.717) is 34.8 Å². The summed E-state index contributed by atoms with van der Waals surface area (Å²) in [6, 6.07) is 19.4. The minimum absolute atomic E-state index is 0.0349. The first-order valence-corrected chi connectivity index (χ1v) is 11.5. The average Bonchev–Trinajstić information content (AvgIpc) is 3.44. The minimum atomic E-state index is -0.0349. The Kier molecular flexibility index (Phi) is 5.08. The fraction of sp³-hybridized carbons (Fsp3) is 0.111. The van der Waals surface area contributed by atoms with Crippen LogP contribution in [0.15, 0.2) is 84.0 Å². The molecular weight excluding hydrogens is 446 g/mol. The van der Waals surface area contributed by atoms with Crippen LogP contribution < -0.4 is 5.56 Å². The van der Waals surface area contributed by atoms with Gasteiger partial charge in [0.05, 0.1) is 17.4 Å². The van der Waals surface area contributed by atoms with Gasteiger partial charge in [-0.15, -0.1) is 0 Å². The van der Waals surface area contributed by atoms with Crippen molar-refractivity contribution in [1.29, 1.82) is 0 Å². The van der Waals surface area contributed by atoms with E-state index in [-0.39, 0.29) is 5.56 Å². The summed E-state index contributed by atoms with van der Waals surface area (Å²) >= 11 is 6.17. The third-order valence-corrected chi connectivity index (χ3v) is 6.29. The van der Waals surface area contributed by atoms with Gasteiger partial charge >= 0.3 is 0 Å². The summed E-state index contributed by atoms with van der Waals surface area (Å²) < 4.78 is 3.69.